The van der Waals surface area contributed by atoms with Gasteiger partial charge in [0.2, 0.25) is 0 Å². The molecule has 8 nitrogen and oxygen atoms in total. The number of hydrogen-bond donors (Lipinski definition) is 1. The molecule has 0 bridgehead atoms. The van der Waals surface area contributed by atoms with Crippen molar-refractivity contribution < 1.29 is 33.3 Å². The molecular formula is C22H41NO7. The van der Waals surface area contributed by atoms with E-state index < -0.39 is 12.1 Å². The Kier molecular flexibility index (Phi) is 17.2. The molecule has 8 heteroatoms. The quantitative estimate of drug-likeness (QED) is 0.184. The Labute approximate surface area is 181 Å². The Morgan fingerprint density at radius 3 is 2.17 bits per heavy atom. The van der Waals surface area contributed by atoms with E-state index in [1.165, 1.54) is 6.42 Å². The minimum atomic E-state index is -0.552. The predicted molar refractivity (Wildman–Crippen MR) is 115 cm³/mol. The van der Waals surface area contributed by atoms with Gasteiger partial charge < -0.3 is 29.0 Å². The van der Waals surface area contributed by atoms with Gasteiger partial charge in [-0.2, -0.15) is 0 Å². The summed E-state index contributed by atoms with van der Waals surface area (Å²) in [6.45, 7) is 17.7. The fourth-order valence-corrected chi connectivity index (χ4v) is 1.75. The topological polar surface area (TPSA) is 95.6 Å². The van der Waals surface area contributed by atoms with Crippen molar-refractivity contribution in [3.63, 3.8) is 0 Å². The predicted octanol–water partition coefficient (Wildman–Crippen LogP) is 3.34. The molecule has 0 aromatic rings. The molecule has 1 N–H and O–H groups in total. The van der Waals surface area contributed by atoms with E-state index in [4.69, 9.17) is 23.7 Å². The number of rotatable bonds is 15. The minimum absolute atomic E-state index is 0.0886. The first-order valence-corrected chi connectivity index (χ1v) is 10.8. The minimum Gasteiger partial charge on any atom is -0.460 e. The van der Waals surface area contributed by atoms with Crippen LogP contribution in [-0.4, -0.2) is 71.0 Å². The Morgan fingerprint density at radius 1 is 1.03 bits per heavy atom. The second-order valence-corrected chi connectivity index (χ2v) is 7.57. The van der Waals surface area contributed by atoms with Crippen molar-refractivity contribution >= 4 is 12.1 Å². The van der Waals surface area contributed by atoms with E-state index in [0.717, 1.165) is 26.2 Å². The Bertz CT molecular complexity index is 480. The molecule has 0 saturated carbocycles. The van der Waals surface area contributed by atoms with Crippen LogP contribution in [0.15, 0.2) is 12.2 Å². The van der Waals surface area contributed by atoms with Crippen LogP contribution in [-0.2, 0) is 28.5 Å². The lowest BCUT2D eigenvalue weighted by Gasteiger charge is -2.10. The maximum atomic E-state index is 11.2. The number of amides is 1. The molecule has 0 radical (unpaired) electrons. The molecule has 3 unspecified atom stereocenters. The molecule has 30 heavy (non-hydrogen) atoms. The molecule has 1 fully saturated rings. The summed E-state index contributed by atoms with van der Waals surface area (Å²) in [6.07, 6.45) is 2.13. The summed E-state index contributed by atoms with van der Waals surface area (Å²) >= 11 is 0. The average Bonchev–Trinajstić information content (AvgIpc) is 3.55. The van der Waals surface area contributed by atoms with E-state index in [9.17, 15) is 9.59 Å². The summed E-state index contributed by atoms with van der Waals surface area (Å²) in [5, 5.41) is 2.46. The summed E-state index contributed by atoms with van der Waals surface area (Å²) in [5.74, 6) is 0.726. The third-order valence-electron chi connectivity index (χ3n) is 4.32. The summed E-state index contributed by atoms with van der Waals surface area (Å²) in [6, 6.07) is 0. The van der Waals surface area contributed by atoms with Gasteiger partial charge in [-0.25, -0.2) is 9.59 Å². The molecule has 1 aliphatic heterocycles. The van der Waals surface area contributed by atoms with E-state index in [-0.39, 0.29) is 19.8 Å². The van der Waals surface area contributed by atoms with Gasteiger partial charge in [-0.1, -0.05) is 47.1 Å². The first kappa shape index (κ1) is 28.4. The van der Waals surface area contributed by atoms with Crippen molar-refractivity contribution in [2.45, 2.75) is 53.6 Å². The molecular weight excluding hydrogens is 390 g/mol. The van der Waals surface area contributed by atoms with E-state index in [1.807, 2.05) is 0 Å². The normalized spacial score (nSPS) is 16.5. The molecule has 1 amide bonds. The first-order valence-electron chi connectivity index (χ1n) is 10.8. The molecule has 1 saturated heterocycles. The summed E-state index contributed by atoms with van der Waals surface area (Å²) < 4.78 is 25.4. The van der Waals surface area contributed by atoms with Gasteiger partial charge in [0.05, 0.1) is 26.4 Å². The highest BCUT2D eigenvalue weighted by molar-refractivity contribution is 5.86. The highest BCUT2D eigenvalue weighted by Gasteiger charge is 2.22. The number of hydrogen-bond acceptors (Lipinski definition) is 7. The zero-order valence-electron chi connectivity index (χ0n) is 19.4. The van der Waals surface area contributed by atoms with Crippen LogP contribution in [0, 0.1) is 11.8 Å². The van der Waals surface area contributed by atoms with Crippen LogP contribution < -0.4 is 5.32 Å². The summed E-state index contributed by atoms with van der Waals surface area (Å²) in [7, 11) is 0. The number of epoxide rings is 1. The SMILES string of the molecule is C=C(C)C(=O)OCCNC(=O)OCCOCC(C)CC.CCC(C)COCC1CO1. The van der Waals surface area contributed by atoms with Crippen LogP contribution >= 0.6 is 0 Å². The smallest absolute Gasteiger partial charge is 0.407 e. The lowest BCUT2D eigenvalue weighted by molar-refractivity contribution is -0.138. The van der Waals surface area contributed by atoms with Gasteiger partial charge in [-0.05, 0) is 18.8 Å². The largest absolute Gasteiger partial charge is 0.460 e. The van der Waals surface area contributed by atoms with E-state index in [1.54, 1.807) is 6.92 Å². The number of esters is 1. The maximum Gasteiger partial charge on any atom is 0.407 e. The number of carbonyl (C=O) groups is 2. The number of nitrogens with one attached hydrogen (secondary N) is 1. The monoisotopic (exact) mass is 431 g/mol. The molecule has 0 aliphatic carbocycles. The Morgan fingerprint density at radius 2 is 1.63 bits per heavy atom. The van der Waals surface area contributed by atoms with Crippen LogP contribution in [0.1, 0.15) is 47.5 Å². The standard InChI is InChI=1S/C14H25NO5.C8H16O2/c1-5-12(4)10-18-8-9-20-14(17)15-6-7-19-13(16)11(2)3;1-3-7(2)4-9-5-8-6-10-8/h12H,2,5-10H2,1,3-4H3,(H,15,17);7-8H,3-6H2,1-2H3. The molecule has 3 atom stereocenters. The van der Waals surface area contributed by atoms with Gasteiger partial charge in [-0.15, -0.1) is 0 Å². The van der Waals surface area contributed by atoms with Gasteiger partial charge in [0.1, 0.15) is 19.3 Å². The summed E-state index contributed by atoms with van der Waals surface area (Å²) in [5.41, 5.74) is 0.325. The lowest BCUT2D eigenvalue weighted by Crippen LogP contribution is -2.29. The molecule has 0 aromatic heterocycles. The molecule has 176 valence electrons. The fraction of sp³-hybridized carbons (Fsp3) is 0.818. The second-order valence-electron chi connectivity index (χ2n) is 7.57. The van der Waals surface area contributed by atoms with Crippen LogP contribution in [0.5, 0.6) is 0 Å². The lowest BCUT2D eigenvalue weighted by atomic mass is 10.1. The van der Waals surface area contributed by atoms with Crippen molar-refractivity contribution in [1.29, 1.82) is 0 Å². The third-order valence-corrected chi connectivity index (χ3v) is 4.32. The molecule has 0 spiro atoms. The van der Waals surface area contributed by atoms with Gasteiger partial charge in [-0.3, -0.25) is 0 Å². The summed E-state index contributed by atoms with van der Waals surface area (Å²) in [4.78, 5) is 22.3. The highest BCUT2D eigenvalue weighted by Crippen LogP contribution is 2.10. The van der Waals surface area contributed by atoms with Crippen molar-refractivity contribution in [3.8, 4) is 0 Å². The highest BCUT2D eigenvalue weighted by atomic mass is 16.6. The molecule has 0 aromatic carbocycles. The fourth-order valence-electron chi connectivity index (χ4n) is 1.75. The van der Waals surface area contributed by atoms with Gasteiger partial charge in [0.25, 0.3) is 0 Å². The van der Waals surface area contributed by atoms with Crippen molar-refractivity contribution in [3.05, 3.63) is 12.2 Å². The Hall–Kier alpha value is -1.64. The van der Waals surface area contributed by atoms with E-state index in [2.05, 4.69) is 39.6 Å². The van der Waals surface area contributed by atoms with E-state index in [0.29, 0.717) is 36.7 Å². The van der Waals surface area contributed by atoms with Crippen molar-refractivity contribution in [2.75, 3.05) is 52.8 Å². The van der Waals surface area contributed by atoms with Gasteiger partial charge in [0, 0.05) is 18.8 Å². The Balaban J connectivity index is 0.000000696. The van der Waals surface area contributed by atoms with Gasteiger partial charge in [0.15, 0.2) is 0 Å². The van der Waals surface area contributed by atoms with Crippen molar-refractivity contribution in [1.82, 2.24) is 5.32 Å². The van der Waals surface area contributed by atoms with E-state index >= 15 is 0 Å². The first-order chi connectivity index (χ1) is 14.3. The van der Waals surface area contributed by atoms with Crippen LogP contribution in [0.2, 0.25) is 0 Å². The van der Waals surface area contributed by atoms with Crippen molar-refractivity contribution in [2.24, 2.45) is 11.8 Å². The van der Waals surface area contributed by atoms with Gasteiger partial charge >= 0.3 is 12.1 Å². The number of carbonyl (C=O) groups excluding carboxylic acids is 2. The third kappa shape index (κ3) is 18.4. The van der Waals surface area contributed by atoms with Crippen LogP contribution in [0.25, 0.3) is 0 Å². The maximum absolute atomic E-state index is 11.2. The van der Waals surface area contributed by atoms with Crippen LogP contribution in [0.4, 0.5) is 4.79 Å². The molecule has 1 rings (SSSR count). The number of ether oxygens (including phenoxy) is 5. The molecule has 1 aliphatic rings. The zero-order valence-corrected chi connectivity index (χ0v) is 19.4. The van der Waals surface area contributed by atoms with Crippen LogP contribution in [0.3, 0.4) is 0 Å². The number of alkyl carbamates (subject to hydrolysis) is 1. The second kappa shape index (κ2) is 18.2. The molecule has 1 heterocycles. The zero-order chi connectivity index (χ0) is 22.8. The average molecular weight is 432 g/mol.